The van der Waals surface area contributed by atoms with E-state index < -0.39 is 20.0 Å². The van der Waals surface area contributed by atoms with Crippen LogP contribution in [0, 0.1) is 0 Å². The van der Waals surface area contributed by atoms with E-state index in [1.54, 1.807) is 6.08 Å². The van der Waals surface area contributed by atoms with Gasteiger partial charge in [-0.3, -0.25) is 13.8 Å². The largest absolute Gasteiger partial charge is 0.472 e. The molecule has 0 aromatic carbocycles. The third kappa shape index (κ3) is 33.0. The second kappa shape index (κ2) is 35.3. The predicted octanol–water partition coefficient (Wildman–Crippen LogP) is 10.2. The van der Waals surface area contributed by atoms with E-state index in [9.17, 15) is 19.4 Å². The Kier molecular flexibility index (Phi) is 34.2. The number of aliphatic hydroxyl groups excluding tert-OH is 1. The standard InChI is InChI=1S/C39H73N2O6P/c1-3-5-7-9-11-13-15-17-18-19-21-23-25-27-29-31-33-39(43)41-37(36-47-48(44,45)46-35-34-40)38(42)32-30-28-26-24-22-20-16-14-12-10-8-6-4-2/h13,15,18-19,22,24,30,32,37-38,42H,3-12,14,16-17,20-21,23,25-29,31,33-36,40H2,1-2H3,(H,41,43)(H,44,45)/b15-13-,19-18-,24-22+,32-30+. The molecule has 0 aliphatic heterocycles. The number of allylic oxidation sites excluding steroid dienone is 7. The minimum Gasteiger partial charge on any atom is -0.387 e. The summed E-state index contributed by atoms with van der Waals surface area (Å²) in [6.45, 7) is 4.05. The molecule has 0 aliphatic rings. The number of phosphoric acid groups is 1. The van der Waals surface area contributed by atoms with Crippen LogP contribution in [0.25, 0.3) is 0 Å². The van der Waals surface area contributed by atoms with Gasteiger partial charge in [0.15, 0.2) is 0 Å². The van der Waals surface area contributed by atoms with E-state index in [0.29, 0.717) is 6.42 Å². The van der Waals surface area contributed by atoms with E-state index in [1.165, 1.54) is 77.0 Å². The Bertz CT molecular complexity index is 892. The quantitative estimate of drug-likeness (QED) is 0.0295. The molecule has 5 N–H and O–H groups in total. The molecule has 9 heteroatoms. The van der Waals surface area contributed by atoms with Crippen molar-refractivity contribution in [3.8, 4) is 0 Å². The van der Waals surface area contributed by atoms with Gasteiger partial charge in [0.25, 0.3) is 0 Å². The summed E-state index contributed by atoms with van der Waals surface area (Å²) in [5.41, 5.74) is 5.35. The van der Waals surface area contributed by atoms with Crippen LogP contribution >= 0.6 is 7.82 Å². The molecule has 48 heavy (non-hydrogen) atoms. The second-order valence-electron chi connectivity index (χ2n) is 12.8. The fourth-order valence-corrected chi connectivity index (χ4v) is 5.94. The van der Waals surface area contributed by atoms with E-state index in [2.05, 4.69) is 55.6 Å². The van der Waals surface area contributed by atoms with Gasteiger partial charge in [-0.1, -0.05) is 140 Å². The van der Waals surface area contributed by atoms with Crippen LogP contribution < -0.4 is 11.1 Å². The fourth-order valence-electron chi connectivity index (χ4n) is 5.18. The zero-order valence-electron chi connectivity index (χ0n) is 30.7. The highest BCUT2D eigenvalue weighted by atomic mass is 31.2. The average molecular weight is 697 g/mol. The van der Waals surface area contributed by atoms with Crippen molar-refractivity contribution in [3.63, 3.8) is 0 Å². The molecule has 280 valence electrons. The van der Waals surface area contributed by atoms with Crippen LogP contribution in [0.1, 0.15) is 162 Å². The highest BCUT2D eigenvalue weighted by Gasteiger charge is 2.26. The Morgan fingerprint density at radius 3 is 1.75 bits per heavy atom. The summed E-state index contributed by atoms with van der Waals surface area (Å²) in [5.74, 6) is -0.221. The maximum Gasteiger partial charge on any atom is 0.472 e. The monoisotopic (exact) mass is 697 g/mol. The fraction of sp³-hybridized carbons (Fsp3) is 0.769. The molecule has 0 saturated heterocycles. The number of hydrogen-bond donors (Lipinski definition) is 4. The molecular weight excluding hydrogens is 623 g/mol. The summed E-state index contributed by atoms with van der Waals surface area (Å²) in [4.78, 5) is 22.6. The van der Waals surface area contributed by atoms with Gasteiger partial charge in [0.2, 0.25) is 5.91 Å². The van der Waals surface area contributed by atoms with Crippen molar-refractivity contribution in [2.45, 2.75) is 174 Å². The van der Waals surface area contributed by atoms with E-state index in [1.807, 2.05) is 6.08 Å². The van der Waals surface area contributed by atoms with Crippen LogP contribution in [-0.4, -0.2) is 47.8 Å². The highest BCUT2D eigenvalue weighted by molar-refractivity contribution is 7.47. The number of nitrogens with one attached hydrogen (secondary N) is 1. The Labute approximate surface area is 294 Å². The minimum atomic E-state index is -4.34. The van der Waals surface area contributed by atoms with Crippen molar-refractivity contribution in [2.75, 3.05) is 19.8 Å². The first-order valence-electron chi connectivity index (χ1n) is 19.3. The van der Waals surface area contributed by atoms with Crippen molar-refractivity contribution in [2.24, 2.45) is 5.73 Å². The number of rotatable bonds is 35. The first-order chi connectivity index (χ1) is 23.4. The Morgan fingerprint density at radius 2 is 1.17 bits per heavy atom. The van der Waals surface area contributed by atoms with Crippen molar-refractivity contribution >= 4 is 13.7 Å². The third-order valence-electron chi connectivity index (χ3n) is 8.13. The van der Waals surface area contributed by atoms with E-state index >= 15 is 0 Å². The molecule has 3 unspecified atom stereocenters. The van der Waals surface area contributed by atoms with Crippen LogP contribution in [0.15, 0.2) is 48.6 Å². The number of amides is 1. The summed E-state index contributed by atoms with van der Waals surface area (Å²) in [6, 6.07) is -0.883. The molecule has 0 fully saturated rings. The average Bonchev–Trinajstić information content (AvgIpc) is 3.07. The topological polar surface area (TPSA) is 131 Å². The third-order valence-corrected chi connectivity index (χ3v) is 9.11. The van der Waals surface area contributed by atoms with E-state index in [-0.39, 0.29) is 25.7 Å². The summed E-state index contributed by atoms with van der Waals surface area (Å²) in [6.07, 6.45) is 41.5. The van der Waals surface area contributed by atoms with Gasteiger partial charge in [0.1, 0.15) is 0 Å². The van der Waals surface area contributed by atoms with Crippen LogP contribution in [-0.2, 0) is 18.4 Å². The van der Waals surface area contributed by atoms with Crippen molar-refractivity contribution in [1.82, 2.24) is 5.32 Å². The van der Waals surface area contributed by atoms with Gasteiger partial charge in [-0.15, -0.1) is 0 Å². The van der Waals surface area contributed by atoms with Crippen molar-refractivity contribution < 1.29 is 28.4 Å². The molecule has 1 amide bonds. The lowest BCUT2D eigenvalue weighted by Crippen LogP contribution is -2.45. The lowest BCUT2D eigenvalue weighted by molar-refractivity contribution is -0.123. The molecule has 0 aromatic rings. The summed E-state index contributed by atoms with van der Waals surface area (Å²) >= 11 is 0. The van der Waals surface area contributed by atoms with Crippen LogP contribution in [0.5, 0.6) is 0 Å². The number of aliphatic hydroxyl groups is 1. The van der Waals surface area contributed by atoms with Crippen molar-refractivity contribution in [1.29, 1.82) is 0 Å². The first-order valence-corrected chi connectivity index (χ1v) is 20.8. The minimum absolute atomic E-state index is 0.0700. The Hall–Kier alpha value is -1.54. The lowest BCUT2D eigenvalue weighted by atomic mass is 10.1. The second-order valence-corrected chi connectivity index (χ2v) is 14.2. The molecule has 0 bridgehead atoms. The molecule has 0 rings (SSSR count). The number of carbonyl (C=O) groups is 1. The van der Waals surface area contributed by atoms with Crippen LogP contribution in [0.4, 0.5) is 0 Å². The Balaban J connectivity index is 4.39. The number of carbonyl (C=O) groups excluding carboxylic acids is 1. The first kappa shape index (κ1) is 46.5. The Morgan fingerprint density at radius 1 is 0.688 bits per heavy atom. The maximum atomic E-state index is 12.7. The summed E-state index contributed by atoms with van der Waals surface area (Å²) in [5, 5.41) is 13.6. The zero-order chi connectivity index (χ0) is 35.4. The smallest absolute Gasteiger partial charge is 0.387 e. The van der Waals surface area contributed by atoms with Crippen LogP contribution in [0.2, 0.25) is 0 Å². The lowest BCUT2D eigenvalue weighted by Gasteiger charge is -2.23. The normalized spacial score (nSPS) is 14.9. The van der Waals surface area contributed by atoms with Gasteiger partial charge in [-0.05, 0) is 64.2 Å². The van der Waals surface area contributed by atoms with E-state index in [0.717, 1.165) is 64.2 Å². The summed E-state index contributed by atoms with van der Waals surface area (Å²) in [7, 11) is -4.34. The molecule has 0 heterocycles. The molecule has 0 aliphatic carbocycles. The van der Waals surface area contributed by atoms with Gasteiger partial charge in [-0.2, -0.15) is 0 Å². The molecule has 0 saturated carbocycles. The van der Waals surface area contributed by atoms with Gasteiger partial charge in [0, 0.05) is 13.0 Å². The molecule has 0 spiro atoms. The zero-order valence-corrected chi connectivity index (χ0v) is 31.6. The number of hydrogen-bond acceptors (Lipinski definition) is 6. The van der Waals surface area contributed by atoms with Crippen LogP contribution in [0.3, 0.4) is 0 Å². The SMILES string of the molecule is CCCCCC/C=C\C/C=C\CCCCCCCC(=O)NC(COP(=O)(O)OCCN)C(O)/C=C/CC/C=C/CCCCCCCCC. The molecule has 0 radical (unpaired) electrons. The predicted molar refractivity (Wildman–Crippen MR) is 203 cm³/mol. The highest BCUT2D eigenvalue weighted by Crippen LogP contribution is 2.43. The maximum absolute atomic E-state index is 12.7. The summed E-state index contributed by atoms with van der Waals surface area (Å²) < 4.78 is 22.0. The van der Waals surface area contributed by atoms with Gasteiger partial charge in [-0.25, -0.2) is 4.57 Å². The number of unbranched alkanes of at least 4 members (excludes halogenated alkanes) is 17. The number of phosphoric ester groups is 1. The van der Waals surface area contributed by atoms with Gasteiger partial charge in [0.05, 0.1) is 25.4 Å². The molecular formula is C39H73N2O6P. The van der Waals surface area contributed by atoms with E-state index in [4.69, 9.17) is 14.8 Å². The molecule has 3 atom stereocenters. The molecule has 8 nitrogen and oxygen atoms in total. The van der Waals surface area contributed by atoms with Crippen molar-refractivity contribution in [3.05, 3.63) is 48.6 Å². The number of nitrogens with two attached hydrogens (primary N) is 1. The van der Waals surface area contributed by atoms with Gasteiger partial charge >= 0.3 is 7.82 Å². The van der Waals surface area contributed by atoms with Gasteiger partial charge < -0.3 is 21.1 Å². The molecule has 0 aromatic heterocycles.